The minimum Gasteiger partial charge on any atom is -0.457 e. The molecule has 1 amide bonds. The van der Waals surface area contributed by atoms with Gasteiger partial charge < -0.3 is 14.5 Å². The van der Waals surface area contributed by atoms with Gasteiger partial charge in [0.25, 0.3) is 5.91 Å². The van der Waals surface area contributed by atoms with Gasteiger partial charge in [-0.25, -0.2) is 4.79 Å². The molecular formula is C17H19NO4. The fraction of sp³-hybridized carbons (Fsp3) is 0.294. The van der Waals surface area contributed by atoms with E-state index in [9.17, 15) is 9.59 Å². The number of carbonyl (C=O) groups is 2. The maximum atomic E-state index is 12.0. The molecule has 0 aliphatic rings. The van der Waals surface area contributed by atoms with Crippen molar-refractivity contribution in [2.45, 2.75) is 32.8 Å². The summed E-state index contributed by atoms with van der Waals surface area (Å²) in [6.45, 7) is 5.71. The molecule has 0 aliphatic heterocycles. The molecule has 1 aromatic heterocycles. The molecule has 0 radical (unpaired) electrons. The highest BCUT2D eigenvalue weighted by atomic mass is 16.6. The van der Waals surface area contributed by atoms with Crippen molar-refractivity contribution in [3.8, 4) is 0 Å². The van der Waals surface area contributed by atoms with E-state index in [0.29, 0.717) is 11.6 Å². The number of nitrogens with one attached hydrogen (secondary N) is 1. The van der Waals surface area contributed by atoms with Crippen LogP contribution in [0.5, 0.6) is 0 Å². The summed E-state index contributed by atoms with van der Waals surface area (Å²) in [6.07, 6.45) is 0.458. The number of furan rings is 1. The molecule has 2 rings (SSSR count). The first-order chi connectivity index (χ1) is 10.5. The molecule has 1 heterocycles. The first-order valence-corrected chi connectivity index (χ1v) is 7.12. The molecular weight excluding hydrogens is 282 g/mol. The number of amides is 1. The van der Waals surface area contributed by atoms with Crippen LogP contribution in [0.2, 0.25) is 0 Å². The molecule has 0 saturated carbocycles. The second-order valence-corrected chi connectivity index (χ2v) is 5.29. The number of carbonyl (C=O) groups excluding carboxylic acids is 2. The van der Waals surface area contributed by atoms with E-state index in [1.165, 1.54) is 24.8 Å². The third-order valence-corrected chi connectivity index (χ3v) is 3.22. The second kappa shape index (κ2) is 6.93. The first-order valence-electron chi connectivity index (χ1n) is 7.12. The third-order valence-electron chi connectivity index (χ3n) is 3.22. The van der Waals surface area contributed by atoms with Gasteiger partial charge in [0.2, 0.25) is 5.76 Å². The van der Waals surface area contributed by atoms with Gasteiger partial charge in [-0.15, -0.1) is 0 Å². The van der Waals surface area contributed by atoms with E-state index >= 15 is 0 Å². The predicted octanol–water partition coefficient (Wildman–Crippen LogP) is 3.59. The molecule has 0 spiro atoms. The van der Waals surface area contributed by atoms with Crippen LogP contribution in [0.3, 0.4) is 0 Å². The maximum absolute atomic E-state index is 12.0. The molecule has 5 heteroatoms. The smallest absolute Gasteiger partial charge is 0.374 e. The van der Waals surface area contributed by atoms with E-state index < -0.39 is 18.0 Å². The fourth-order valence-electron chi connectivity index (χ4n) is 1.86. The summed E-state index contributed by atoms with van der Waals surface area (Å²) < 4.78 is 9.97. The molecule has 5 nitrogen and oxygen atoms in total. The second-order valence-electron chi connectivity index (χ2n) is 5.29. The van der Waals surface area contributed by atoms with Gasteiger partial charge >= 0.3 is 5.97 Å². The van der Waals surface area contributed by atoms with Crippen molar-refractivity contribution in [2.75, 3.05) is 5.32 Å². The van der Waals surface area contributed by atoms with Crippen LogP contribution < -0.4 is 5.32 Å². The Morgan fingerprint density at radius 2 is 1.77 bits per heavy atom. The molecule has 1 atom stereocenters. The lowest BCUT2D eigenvalue weighted by atomic mass is 10.0. The lowest BCUT2D eigenvalue weighted by Crippen LogP contribution is -2.29. The zero-order chi connectivity index (χ0) is 16.1. The summed E-state index contributed by atoms with van der Waals surface area (Å²) in [5.41, 5.74) is 1.85. The van der Waals surface area contributed by atoms with Crippen LogP contribution in [0.15, 0.2) is 47.1 Å². The van der Waals surface area contributed by atoms with Crippen molar-refractivity contribution in [1.82, 2.24) is 0 Å². The highest BCUT2D eigenvalue weighted by Gasteiger charge is 2.20. The van der Waals surface area contributed by atoms with Gasteiger partial charge in [-0.3, -0.25) is 4.79 Å². The monoisotopic (exact) mass is 301 g/mol. The standard InChI is InChI=1S/C17H19NO4/c1-11(2)13-6-8-14(9-7-13)18-16(19)12(3)22-17(20)15-5-4-10-21-15/h4-12H,1-3H3,(H,18,19)/t12-/m1/s1. The molecule has 1 aromatic carbocycles. The molecule has 0 fully saturated rings. The van der Waals surface area contributed by atoms with Gasteiger partial charge in [-0.2, -0.15) is 0 Å². The van der Waals surface area contributed by atoms with E-state index in [2.05, 4.69) is 19.2 Å². The van der Waals surface area contributed by atoms with E-state index in [-0.39, 0.29) is 5.76 Å². The van der Waals surface area contributed by atoms with Crippen molar-refractivity contribution < 1.29 is 18.7 Å². The van der Waals surface area contributed by atoms with Gasteiger partial charge in [0.1, 0.15) is 0 Å². The van der Waals surface area contributed by atoms with Gasteiger partial charge in [0.05, 0.1) is 6.26 Å². The van der Waals surface area contributed by atoms with Gasteiger partial charge in [0, 0.05) is 5.69 Å². The Morgan fingerprint density at radius 3 is 2.32 bits per heavy atom. The number of benzene rings is 1. The molecule has 22 heavy (non-hydrogen) atoms. The van der Waals surface area contributed by atoms with E-state index in [0.717, 1.165) is 0 Å². The topological polar surface area (TPSA) is 68.5 Å². The van der Waals surface area contributed by atoms with Crippen molar-refractivity contribution in [2.24, 2.45) is 0 Å². The van der Waals surface area contributed by atoms with Gasteiger partial charge in [0.15, 0.2) is 6.10 Å². The van der Waals surface area contributed by atoms with E-state index in [4.69, 9.17) is 9.15 Å². The molecule has 116 valence electrons. The summed E-state index contributed by atoms with van der Waals surface area (Å²) in [7, 11) is 0. The summed E-state index contributed by atoms with van der Waals surface area (Å²) in [6, 6.07) is 10.6. The number of anilines is 1. The normalized spacial score (nSPS) is 12.0. The quantitative estimate of drug-likeness (QED) is 0.857. The molecule has 0 bridgehead atoms. The van der Waals surface area contributed by atoms with Crippen LogP contribution in [0, 0.1) is 0 Å². The Morgan fingerprint density at radius 1 is 1.09 bits per heavy atom. The Hall–Kier alpha value is -2.56. The van der Waals surface area contributed by atoms with Crippen molar-refractivity contribution in [1.29, 1.82) is 0 Å². The lowest BCUT2D eigenvalue weighted by molar-refractivity contribution is -0.123. The van der Waals surface area contributed by atoms with E-state index in [1.54, 1.807) is 6.07 Å². The molecule has 1 N–H and O–H groups in total. The van der Waals surface area contributed by atoms with Crippen LogP contribution >= 0.6 is 0 Å². The van der Waals surface area contributed by atoms with Crippen molar-refractivity contribution >= 4 is 17.6 Å². The number of hydrogen-bond acceptors (Lipinski definition) is 4. The zero-order valence-electron chi connectivity index (χ0n) is 12.8. The molecule has 0 unspecified atom stereocenters. The highest BCUT2D eigenvalue weighted by molar-refractivity contribution is 5.96. The summed E-state index contributed by atoms with van der Waals surface area (Å²) in [5.74, 6) is -0.557. The largest absolute Gasteiger partial charge is 0.457 e. The Labute approximate surface area is 129 Å². The average Bonchev–Trinajstić information content (AvgIpc) is 3.02. The highest BCUT2D eigenvalue weighted by Crippen LogP contribution is 2.17. The number of rotatable bonds is 5. The third kappa shape index (κ3) is 3.97. The summed E-state index contributed by atoms with van der Waals surface area (Å²) in [5, 5.41) is 2.71. The fourth-order valence-corrected chi connectivity index (χ4v) is 1.86. The van der Waals surface area contributed by atoms with Crippen LogP contribution in [0.25, 0.3) is 0 Å². The Bertz CT molecular complexity index is 629. The van der Waals surface area contributed by atoms with Crippen LogP contribution in [-0.4, -0.2) is 18.0 Å². The first kappa shape index (κ1) is 15.8. The SMILES string of the molecule is CC(C)c1ccc(NC(=O)[C@@H](C)OC(=O)c2ccco2)cc1. The van der Waals surface area contributed by atoms with Crippen molar-refractivity contribution in [3.63, 3.8) is 0 Å². The van der Waals surface area contributed by atoms with Gasteiger partial charge in [-0.1, -0.05) is 26.0 Å². The minimum atomic E-state index is -0.914. The summed E-state index contributed by atoms with van der Waals surface area (Å²) in [4.78, 5) is 23.7. The summed E-state index contributed by atoms with van der Waals surface area (Å²) >= 11 is 0. The molecule has 2 aromatic rings. The minimum absolute atomic E-state index is 0.0703. The van der Waals surface area contributed by atoms with Crippen LogP contribution in [0.1, 0.15) is 42.8 Å². The van der Waals surface area contributed by atoms with Gasteiger partial charge in [-0.05, 0) is 42.7 Å². The number of ether oxygens (including phenoxy) is 1. The number of hydrogen-bond donors (Lipinski definition) is 1. The molecule has 0 aliphatic carbocycles. The number of esters is 1. The van der Waals surface area contributed by atoms with Crippen LogP contribution in [-0.2, 0) is 9.53 Å². The Balaban J connectivity index is 1.92. The van der Waals surface area contributed by atoms with Crippen LogP contribution in [0.4, 0.5) is 5.69 Å². The van der Waals surface area contributed by atoms with E-state index in [1.807, 2.05) is 24.3 Å². The predicted molar refractivity (Wildman–Crippen MR) is 82.7 cm³/mol. The van der Waals surface area contributed by atoms with Crippen molar-refractivity contribution in [3.05, 3.63) is 54.0 Å². The lowest BCUT2D eigenvalue weighted by Gasteiger charge is -2.13. The Kier molecular flexibility index (Phi) is 4.99. The zero-order valence-corrected chi connectivity index (χ0v) is 12.8. The maximum Gasteiger partial charge on any atom is 0.374 e. The molecule has 0 saturated heterocycles. The average molecular weight is 301 g/mol.